The molecule has 2 aromatic heterocycles. The van der Waals surface area contributed by atoms with E-state index in [-0.39, 0.29) is 5.91 Å². The zero-order chi connectivity index (χ0) is 18.5. The quantitative estimate of drug-likeness (QED) is 0.622. The molecule has 3 rings (SSSR count). The Hall–Kier alpha value is -2.74. The van der Waals surface area contributed by atoms with Crippen molar-refractivity contribution in [3.63, 3.8) is 0 Å². The van der Waals surface area contributed by atoms with E-state index in [2.05, 4.69) is 15.5 Å². The second-order valence-electron chi connectivity index (χ2n) is 5.47. The Bertz CT molecular complexity index is 873. The van der Waals surface area contributed by atoms with E-state index in [0.717, 1.165) is 11.3 Å². The predicted molar refractivity (Wildman–Crippen MR) is 98.3 cm³/mol. The number of hydrogen-bond donors (Lipinski definition) is 1. The smallest absolute Gasteiger partial charge is 0.277 e. The molecular formula is C18H19N3O4S. The molecule has 136 valence electrons. The summed E-state index contributed by atoms with van der Waals surface area (Å²) in [6, 6.07) is 8.99. The number of nitrogens with zero attached hydrogens (tertiary/aromatic N) is 2. The Labute approximate surface area is 155 Å². The molecule has 0 aliphatic heterocycles. The molecule has 0 aliphatic rings. The molecule has 2 heterocycles. The molecular weight excluding hydrogens is 354 g/mol. The lowest BCUT2D eigenvalue weighted by Gasteiger charge is -2.10. The molecule has 0 saturated heterocycles. The molecule has 1 amide bonds. The van der Waals surface area contributed by atoms with Crippen LogP contribution < -0.4 is 10.1 Å². The van der Waals surface area contributed by atoms with E-state index >= 15 is 0 Å². The zero-order valence-electron chi connectivity index (χ0n) is 14.7. The van der Waals surface area contributed by atoms with Gasteiger partial charge in [-0.3, -0.25) is 4.79 Å². The summed E-state index contributed by atoms with van der Waals surface area (Å²) >= 11 is 1.20. The van der Waals surface area contributed by atoms with Crippen LogP contribution in [0.3, 0.4) is 0 Å². The second kappa shape index (κ2) is 8.09. The lowest BCUT2D eigenvalue weighted by Crippen LogP contribution is -2.22. The molecule has 8 heteroatoms. The van der Waals surface area contributed by atoms with Crippen LogP contribution in [0, 0.1) is 6.92 Å². The third-order valence-corrected chi connectivity index (χ3v) is 4.51. The molecule has 1 aromatic carbocycles. The maximum Gasteiger partial charge on any atom is 0.277 e. The van der Waals surface area contributed by atoms with Gasteiger partial charge in [-0.15, -0.1) is 10.2 Å². The van der Waals surface area contributed by atoms with Crippen LogP contribution in [0.25, 0.3) is 11.5 Å². The van der Waals surface area contributed by atoms with Gasteiger partial charge in [0.2, 0.25) is 5.91 Å². The SMILES string of the molecule is CCOc1ccc(NC(=O)[C@@H](C)Sc2nnc(-c3ccoc3C)o2)cc1. The van der Waals surface area contributed by atoms with Crippen LogP contribution in [0.2, 0.25) is 0 Å². The topological polar surface area (TPSA) is 90.4 Å². The van der Waals surface area contributed by atoms with Crippen molar-refractivity contribution in [2.45, 2.75) is 31.2 Å². The fraction of sp³-hybridized carbons (Fsp3) is 0.278. The van der Waals surface area contributed by atoms with E-state index in [1.165, 1.54) is 11.8 Å². The number of anilines is 1. The first-order valence-electron chi connectivity index (χ1n) is 8.15. The highest BCUT2D eigenvalue weighted by Crippen LogP contribution is 2.28. The lowest BCUT2D eigenvalue weighted by molar-refractivity contribution is -0.115. The number of thioether (sulfide) groups is 1. The first kappa shape index (κ1) is 18.1. The largest absolute Gasteiger partial charge is 0.494 e. The van der Waals surface area contributed by atoms with E-state index in [4.69, 9.17) is 13.6 Å². The van der Waals surface area contributed by atoms with Gasteiger partial charge in [0.1, 0.15) is 11.5 Å². The predicted octanol–water partition coefficient (Wildman–Crippen LogP) is 4.16. The van der Waals surface area contributed by atoms with Crippen LogP contribution in [-0.2, 0) is 4.79 Å². The van der Waals surface area contributed by atoms with Crippen molar-refractivity contribution in [3.05, 3.63) is 42.4 Å². The van der Waals surface area contributed by atoms with Crippen LogP contribution in [0.4, 0.5) is 5.69 Å². The zero-order valence-corrected chi connectivity index (χ0v) is 15.5. The summed E-state index contributed by atoms with van der Waals surface area (Å²) < 4.78 is 16.2. The van der Waals surface area contributed by atoms with Crippen molar-refractivity contribution >= 4 is 23.4 Å². The van der Waals surface area contributed by atoms with E-state index in [0.29, 0.717) is 29.2 Å². The molecule has 0 aliphatic carbocycles. The molecule has 0 bridgehead atoms. The van der Waals surface area contributed by atoms with Crippen molar-refractivity contribution in [2.75, 3.05) is 11.9 Å². The molecule has 0 spiro atoms. The first-order chi connectivity index (χ1) is 12.6. The molecule has 1 atom stereocenters. The van der Waals surface area contributed by atoms with Crippen molar-refractivity contribution in [3.8, 4) is 17.2 Å². The molecule has 0 unspecified atom stereocenters. The maximum atomic E-state index is 12.3. The molecule has 26 heavy (non-hydrogen) atoms. The van der Waals surface area contributed by atoms with Gasteiger partial charge in [-0.25, -0.2) is 0 Å². The Morgan fingerprint density at radius 1 is 1.27 bits per heavy atom. The highest BCUT2D eigenvalue weighted by molar-refractivity contribution is 8.00. The number of benzene rings is 1. The van der Waals surface area contributed by atoms with Crippen molar-refractivity contribution in [1.82, 2.24) is 10.2 Å². The number of furan rings is 1. The average molecular weight is 373 g/mol. The number of ether oxygens (including phenoxy) is 1. The summed E-state index contributed by atoms with van der Waals surface area (Å²) in [6.45, 7) is 6.12. The fourth-order valence-corrected chi connectivity index (χ4v) is 2.91. The second-order valence-corrected chi connectivity index (χ2v) is 6.76. The number of aromatic nitrogens is 2. The standard InChI is InChI=1S/C18H19N3O4S/c1-4-23-14-7-5-13(6-8-14)19-16(22)12(3)26-18-21-20-17(25-18)15-9-10-24-11(15)2/h5-10,12H,4H2,1-3H3,(H,19,22)/t12-/m1/s1. The molecule has 0 radical (unpaired) electrons. The van der Waals surface area contributed by atoms with Gasteiger partial charge in [-0.2, -0.15) is 0 Å². The summed E-state index contributed by atoms with van der Waals surface area (Å²) in [7, 11) is 0. The fourth-order valence-electron chi connectivity index (χ4n) is 2.22. The minimum absolute atomic E-state index is 0.154. The Kier molecular flexibility index (Phi) is 5.62. The van der Waals surface area contributed by atoms with Crippen molar-refractivity contribution in [2.24, 2.45) is 0 Å². The molecule has 7 nitrogen and oxygen atoms in total. The number of carbonyl (C=O) groups excluding carboxylic acids is 1. The van der Waals surface area contributed by atoms with Crippen LogP contribution >= 0.6 is 11.8 Å². The normalized spacial score (nSPS) is 12.0. The number of hydrogen-bond acceptors (Lipinski definition) is 7. The van der Waals surface area contributed by atoms with Gasteiger partial charge in [0.15, 0.2) is 0 Å². The van der Waals surface area contributed by atoms with Gasteiger partial charge in [-0.05, 0) is 51.1 Å². The van der Waals surface area contributed by atoms with Gasteiger partial charge in [0, 0.05) is 5.69 Å². The van der Waals surface area contributed by atoms with E-state index in [9.17, 15) is 4.79 Å². The lowest BCUT2D eigenvalue weighted by atomic mass is 10.3. The van der Waals surface area contributed by atoms with Crippen molar-refractivity contribution < 1.29 is 18.4 Å². The third-order valence-electron chi connectivity index (χ3n) is 3.58. The summed E-state index contributed by atoms with van der Waals surface area (Å²) in [5.41, 5.74) is 1.45. The Morgan fingerprint density at radius 2 is 2.04 bits per heavy atom. The number of carbonyl (C=O) groups is 1. The summed E-state index contributed by atoms with van der Waals surface area (Å²) in [4.78, 5) is 12.3. The third kappa shape index (κ3) is 4.26. The molecule has 0 saturated carbocycles. The van der Waals surface area contributed by atoms with Crippen LogP contribution in [0.5, 0.6) is 5.75 Å². The highest BCUT2D eigenvalue weighted by atomic mass is 32.2. The Morgan fingerprint density at radius 3 is 2.69 bits per heavy atom. The highest BCUT2D eigenvalue weighted by Gasteiger charge is 2.20. The monoisotopic (exact) mass is 373 g/mol. The first-order valence-corrected chi connectivity index (χ1v) is 9.03. The summed E-state index contributed by atoms with van der Waals surface area (Å²) in [5.74, 6) is 1.68. The van der Waals surface area contributed by atoms with Gasteiger partial charge < -0.3 is 18.9 Å². The van der Waals surface area contributed by atoms with Gasteiger partial charge in [-0.1, -0.05) is 11.8 Å². The van der Waals surface area contributed by atoms with E-state index in [1.807, 2.05) is 26.0 Å². The minimum Gasteiger partial charge on any atom is -0.494 e. The number of nitrogens with one attached hydrogen (secondary N) is 1. The van der Waals surface area contributed by atoms with E-state index < -0.39 is 5.25 Å². The van der Waals surface area contributed by atoms with Crippen LogP contribution in [0.1, 0.15) is 19.6 Å². The van der Waals surface area contributed by atoms with Gasteiger partial charge in [0.05, 0.1) is 23.7 Å². The average Bonchev–Trinajstić information content (AvgIpc) is 3.25. The van der Waals surface area contributed by atoms with Crippen LogP contribution in [-0.4, -0.2) is 28.0 Å². The summed E-state index contributed by atoms with van der Waals surface area (Å²) in [6.07, 6.45) is 1.56. The van der Waals surface area contributed by atoms with Crippen molar-refractivity contribution in [1.29, 1.82) is 0 Å². The minimum atomic E-state index is -0.402. The number of aryl methyl sites for hydroxylation is 1. The maximum absolute atomic E-state index is 12.3. The van der Waals surface area contributed by atoms with Gasteiger partial charge >= 0.3 is 0 Å². The molecule has 0 fully saturated rings. The van der Waals surface area contributed by atoms with Gasteiger partial charge in [0.25, 0.3) is 11.1 Å². The summed E-state index contributed by atoms with van der Waals surface area (Å²) in [5, 5.41) is 10.8. The number of amides is 1. The Balaban J connectivity index is 1.59. The van der Waals surface area contributed by atoms with E-state index in [1.54, 1.807) is 31.4 Å². The van der Waals surface area contributed by atoms with Crippen LogP contribution in [0.15, 0.2) is 50.7 Å². The molecule has 1 N–H and O–H groups in total. The number of rotatable bonds is 7. The molecule has 3 aromatic rings.